The van der Waals surface area contributed by atoms with Crippen molar-refractivity contribution in [3.8, 4) is 0 Å². The molecule has 0 spiro atoms. The van der Waals surface area contributed by atoms with Crippen molar-refractivity contribution in [1.82, 2.24) is 0 Å². The van der Waals surface area contributed by atoms with Gasteiger partial charge in [-0.05, 0) is 43.9 Å². The van der Waals surface area contributed by atoms with Gasteiger partial charge in [-0.2, -0.15) is 11.8 Å². The summed E-state index contributed by atoms with van der Waals surface area (Å²) in [4.78, 5) is 11.7. The predicted molar refractivity (Wildman–Crippen MR) is 68.7 cm³/mol. The van der Waals surface area contributed by atoms with E-state index in [1.165, 1.54) is 38.5 Å². The summed E-state index contributed by atoms with van der Waals surface area (Å²) in [7, 11) is 0. The van der Waals surface area contributed by atoms with Gasteiger partial charge in [-0.25, -0.2) is 0 Å². The van der Waals surface area contributed by atoms with Crippen molar-refractivity contribution in [2.45, 2.75) is 56.6 Å². The Morgan fingerprint density at radius 2 is 2.06 bits per heavy atom. The van der Waals surface area contributed by atoms with Gasteiger partial charge in [0.2, 0.25) is 0 Å². The summed E-state index contributed by atoms with van der Waals surface area (Å²) in [5, 5.41) is 0.911. The average Bonchev–Trinajstić information content (AvgIpc) is 2.90. The van der Waals surface area contributed by atoms with Crippen molar-refractivity contribution < 1.29 is 4.79 Å². The summed E-state index contributed by atoms with van der Waals surface area (Å²) < 4.78 is 0. The van der Waals surface area contributed by atoms with Gasteiger partial charge in [0.1, 0.15) is 5.78 Å². The van der Waals surface area contributed by atoms with E-state index in [1.54, 1.807) is 0 Å². The van der Waals surface area contributed by atoms with E-state index in [0.29, 0.717) is 11.7 Å². The Balaban J connectivity index is 1.47. The number of rotatable bonds is 3. The summed E-state index contributed by atoms with van der Waals surface area (Å²) in [5.74, 6) is 4.16. The minimum atomic E-state index is 0.415. The molecule has 3 fully saturated rings. The molecule has 2 bridgehead atoms. The Bertz CT molecular complexity index is 276. The number of carbonyl (C=O) groups is 1. The van der Waals surface area contributed by atoms with Crippen LogP contribution in [0.5, 0.6) is 0 Å². The third-order valence-corrected chi connectivity index (χ3v) is 6.47. The second kappa shape index (κ2) is 4.72. The Labute approximate surface area is 103 Å². The lowest BCUT2D eigenvalue weighted by Gasteiger charge is -2.25. The van der Waals surface area contributed by atoms with Crippen LogP contribution in [-0.4, -0.2) is 16.8 Å². The van der Waals surface area contributed by atoms with Crippen LogP contribution in [0.25, 0.3) is 0 Å². The molecule has 0 saturated heterocycles. The highest BCUT2D eigenvalue weighted by Gasteiger charge is 2.40. The molecule has 0 aromatic carbocycles. The largest absolute Gasteiger partial charge is 0.299 e. The van der Waals surface area contributed by atoms with E-state index >= 15 is 0 Å². The van der Waals surface area contributed by atoms with Crippen LogP contribution in [0, 0.1) is 17.8 Å². The normalized spacial score (nSPS) is 42.9. The Morgan fingerprint density at radius 3 is 2.75 bits per heavy atom. The first kappa shape index (κ1) is 11.1. The van der Waals surface area contributed by atoms with Crippen molar-refractivity contribution in [2.24, 2.45) is 17.8 Å². The highest BCUT2D eigenvalue weighted by molar-refractivity contribution is 7.99. The highest BCUT2D eigenvalue weighted by Crippen LogP contribution is 2.49. The van der Waals surface area contributed by atoms with Crippen LogP contribution in [0.1, 0.15) is 51.4 Å². The van der Waals surface area contributed by atoms with Gasteiger partial charge in [0, 0.05) is 23.3 Å². The first-order chi connectivity index (χ1) is 7.83. The molecule has 3 aliphatic carbocycles. The zero-order chi connectivity index (χ0) is 11.0. The van der Waals surface area contributed by atoms with Crippen LogP contribution in [0.3, 0.4) is 0 Å². The van der Waals surface area contributed by atoms with Crippen LogP contribution >= 0.6 is 11.8 Å². The lowest BCUT2D eigenvalue weighted by molar-refractivity contribution is -0.123. The minimum Gasteiger partial charge on any atom is -0.299 e. The molecular formula is C14H22OS. The quantitative estimate of drug-likeness (QED) is 0.746. The Kier molecular flexibility index (Phi) is 3.28. The molecule has 3 rings (SSSR count). The van der Waals surface area contributed by atoms with Crippen molar-refractivity contribution in [1.29, 1.82) is 0 Å². The molecule has 4 atom stereocenters. The summed E-state index contributed by atoms with van der Waals surface area (Å²) in [6, 6.07) is 0. The number of carbonyl (C=O) groups excluding carboxylic acids is 1. The molecular weight excluding hydrogens is 216 g/mol. The van der Waals surface area contributed by atoms with E-state index in [-0.39, 0.29) is 0 Å². The molecule has 2 heteroatoms. The second-order valence-corrected chi connectivity index (χ2v) is 7.23. The van der Waals surface area contributed by atoms with Crippen molar-refractivity contribution in [2.75, 3.05) is 5.75 Å². The zero-order valence-electron chi connectivity index (χ0n) is 9.99. The lowest BCUT2D eigenvalue weighted by atomic mass is 9.89. The number of fused-ring (bicyclic) bond motifs is 2. The molecule has 0 aromatic rings. The summed E-state index contributed by atoms with van der Waals surface area (Å²) in [5.41, 5.74) is 0. The van der Waals surface area contributed by atoms with Gasteiger partial charge >= 0.3 is 0 Å². The van der Waals surface area contributed by atoms with Crippen molar-refractivity contribution >= 4 is 17.5 Å². The van der Waals surface area contributed by atoms with Crippen LogP contribution in [-0.2, 0) is 4.79 Å². The van der Waals surface area contributed by atoms with Crippen LogP contribution < -0.4 is 0 Å². The molecule has 3 aliphatic rings. The predicted octanol–water partition coefficient (Wildman–Crippen LogP) is 3.67. The topological polar surface area (TPSA) is 17.1 Å². The Morgan fingerprint density at radius 1 is 1.12 bits per heavy atom. The molecule has 90 valence electrons. The lowest BCUT2D eigenvalue weighted by Crippen LogP contribution is -2.23. The fraction of sp³-hybridized carbons (Fsp3) is 0.929. The highest BCUT2D eigenvalue weighted by atomic mass is 32.2. The summed E-state index contributed by atoms with van der Waals surface area (Å²) in [6.45, 7) is 0. The smallest absolute Gasteiger partial charge is 0.136 e. The molecule has 0 aromatic heterocycles. The van der Waals surface area contributed by atoms with E-state index in [1.807, 2.05) is 0 Å². The number of hydrogen-bond acceptors (Lipinski definition) is 2. The monoisotopic (exact) mass is 238 g/mol. The molecule has 1 nitrogen and oxygen atoms in total. The van der Waals surface area contributed by atoms with E-state index in [0.717, 1.165) is 35.7 Å². The van der Waals surface area contributed by atoms with Gasteiger partial charge < -0.3 is 0 Å². The van der Waals surface area contributed by atoms with Crippen molar-refractivity contribution in [3.63, 3.8) is 0 Å². The third kappa shape index (κ3) is 2.18. The fourth-order valence-corrected chi connectivity index (χ4v) is 5.62. The van der Waals surface area contributed by atoms with Gasteiger partial charge in [0.05, 0.1) is 0 Å². The molecule has 3 saturated carbocycles. The molecule has 0 radical (unpaired) electrons. The fourth-order valence-electron chi connectivity index (χ4n) is 3.86. The first-order valence-electron chi connectivity index (χ1n) is 6.97. The molecule has 0 heterocycles. The van der Waals surface area contributed by atoms with Gasteiger partial charge in [-0.15, -0.1) is 0 Å². The van der Waals surface area contributed by atoms with Crippen LogP contribution in [0.2, 0.25) is 0 Å². The molecule has 0 N–H and O–H groups in total. The van der Waals surface area contributed by atoms with E-state index in [4.69, 9.17) is 0 Å². The van der Waals surface area contributed by atoms with E-state index in [9.17, 15) is 4.79 Å². The molecule has 0 aliphatic heterocycles. The minimum absolute atomic E-state index is 0.415. The van der Waals surface area contributed by atoms with E-state index in [2.05, 4.69) is 11.8 Å². The van der Waals surface area contributed by atoms with Crippen molar-refractivity contribution in [3.05, 3.63) is 0 Å². The van der Waals surface area contributed by atoms with Gasteiger partial charge in [-0.3, -0.25) is 4.79 Å². The van der Waals surface area contributed by atoms with E-state index < -0.39 is 0 Å². The van der Waals surface area contributed by atoms with Gasteiger partial charge in [0.25, 0.3) is 0 Å². The third-order valence-electron chi connectivity index (χ3n) is 4.87. The maximum absolute atomic E-state index is 11.7. The SMILES string of the molecule is O=C1CCCCC1CSC1CC2CCC1C2. The molecule has 0 amide bonds. The summed E-state index contributed by atoms with van der Waals surface area (Å²) >= 11 is 2.14. The zero-order valence-corrected chi connectivity index (χ0v) is 10.8. The van der Waals surface area contributed by atoms with Crippen LogP contribution in [0.15, 0.2) is 0 Å². The molecule has 4 unspecified atom stereocenters. The Hall–Kier alpha value is 0.0200. The first-order valence-corrected chi connectivity index (χ1v) is 8.02. The maximum Gasteiger partial charge on any atom is 0.136 e. The number of thioether (sulfide) groups is 1. The number of hydrogen-bond donors (Lipinski definition) is 0. The summed E-state index contributed by atoms with van der Waals surface area (Å²) in [6.07, 6.45) is 10.4. The van der Waals surface area contributed by atoms with Gasteiger partial charge in [-0.1, -0.05) is 12.8 Å². The van der Waals surface area contributed by atoms with Crippen LogP contribution in [0.4, 0.5) is 0 Å². The molecule has 16 heavy (non-hydrogen) atoms. The number of Topliss-reactive ketones (excluding diaryl/α,β-unsaturated/α-hetero) is 1. The standard InChI is InChI=1S/C14H22OS/c15-13-4-2-1-3-12(13)9-16-14-8-10-5-6-11(14)7-10/h10-12,14H,1-9H2. The second-order valence-electron chi connectivity index (χ2n) is 5.96. The number of ketones is 1. The van der Waals surface area contributed by atoms with Gasteiger partial charge in [0.15, 0.2) is 0 Å². The maximum atomic E-state index is 11.7. The average molecular weight is 238 g/mol.